The summed E-state index contributed by atoms with van der Waals surface area (Å²) in [5, 5.41) is 3.37. The van der Waals surface area contributed by atoms with Crippen LogP contribution in [0.3, 0.4) is 0 Å². The largest absolute Gasteiger partial charge is 0.494 e. The van der Waals surface area contributed by atoms with E-state index < -0.39 is 0 Å². The Kier molecular flexibility index (Phi) is 5.33. The first-order chi connectivity index (χ1) is 7.59. The van der Waals surface area contributed by atoms with Gasteiger partial charge in [-0.25, -0.2) is 0 Å². The van der Waals surface area contributed by atoms with Crippen molar-refractivity contribution in [1.29, 1.82) is 0 Å². The van der Waals surface area contributed by atoms with Crippen LogP contribution < -0.4 is 10.1 Å². The van der Waals surface area contributed by atoms with Gasteiger partial charge in [0.1, 0.15) is 5.75 Å². The van der Waals surface area contributed by atoms with E-state index in [1.165, 1.54) is 11.1 Å². The summed E-state index contributed by atoms with van der Waals surface area (Å²) in [6, 6.07) is 6.81. The molecule has 1 aromatic carbocycles. The monoisotopic (exact) mass is 221 g/mol. The zero-order chi connectivity index (χ0) is 12.0. The van der Waals surface area contributed by atoms with E-state index in [-0.39, 0.29) is 0 Å². The van der Waals surface area contributed by atoms with Gasteiger partial charge in [0, 0.05) is 6.04 Å². The smallest absolute Gasteiger partial charge is 0.119 e. The summed E-state index contributed by atoms with van der Waals surface area (Å²) in [6.45, 7) is 10.3. The van der Waals surface area contributed by atoms with Gasteiger partial charge in [-0.3, -0.25) is 0 Å². The summed E-state index contributed by atoms with van der Waals surface area (Å²) in [5.74, 6) is 0.979. The Bertz CT molecular complexity index is 321. The van der Waals surface area contributed by atoms with Crippen LogP contribution in [-0.2, 0) is 0 Å². The third-order valence-corrected chi connectivity index (χ3v) is 2.62. The van der Waals surface area contributed by atoms with Crippen molar-refractivity contribution in [1.82, 2.24) is 5.32 Å². The Morgan fingerprint density at radius 1 is 1.19 bits per heavy atom. The summed E-state index contributed by atoms with van der Waals surface area (Å²) >= 11 is 0. The van der Waals surface area contributed by atoms with Crippen LogP contribution >= 0.6 is 0 Å². The Morgan fingerprint density at radius 2 is 1.94 bits per heavy atom. The molecule has 2 heteroatoms. The molecule has 0 fully saturated rings. The molecule has 0 aromatic heterocycles. The van der Waals surface area contributed by atoms with E-state index in [9.17, 15) is 0 Å². The number of nitrogens with one attached hydrogen (secondary N) is 1. The van der Waals surface area contributed by atoms with Crippen molar-refractivity contribution in [2.75, 3.05) is 13.2 Å². The Labute approximate surface area is 99.0 Å². The quantitative estimate of drug-likeness (QED) is 0.745. The van der Waals surface area contributed by atoms with Gasteiger partial charge in [-0.1, -0.05) is 19.9 Å². The third-order valence-electron chi connectivity index (χ3n) is 2.62. The highest BCUT2D eigenvalue weighted by Gasteiger charge is 1.97. The molecule has 16 heavy (non-hydrogen) atoms. The third kappa shape index (κ3) is 4.67. The summed E-state index contributed by atoms with van der Waals surface area (Å²) in [6.07, 6.45) is 1.05. The van der Waals surface area contributed by atoms with Crippen molar-refractivity contribution in [3.63, 3.8) is 0 Å². The zero-order valence-corrected chi connectivity index (χ0v) is 10.8. The minimum atomic E-state index is 0.557. The van der Waals surface area contributed by atoms with Gasteiger partial charge >= 0.3 is 0 Å². The molecule has 0 aliphatic carbocycles. The number of ether oxygens (including phenoxy) is 1. The van der Waals surface area contributed by atoms with Crippen molar-refractivity contribution >= 4 is 0 Å². The maximum absolute atomic E-state index is 5.68. The highest BCUT2D eigenvalue weighted by atomic mass is 16.5. The van der Waals surface area contributed by atoms with Crippen molar-refractivity contribution in [2.45, 2.75) is 40.2 Å². The van der Waals surface area contributed by atoms with E-state index >= 15 is 0 Å². The molecule has 0 saturated carbocycles. The maximum atomic E-state index is 5.68. The number of rotatable bonds is 6. The van der Waals surface area contributed by atoms with E-state index in [2.05, 4.69) is 45.1 Å². The highest BCUT2D eigenvalue weighted by molar-refractivity contribution is 5.33. The molecule has 1 aromatic rings. The van der Waals surface area contributed by atoms with Gasteiger partial charge in [-0.2, -0.15) is 0 Å². The molecule has 0 amide bonds. The van der Waals surface area contributed by atoms with E-state index in [4.69, 9.17) is 4.74 Å². The molecule has 1 N–H and O–H groups in total. The van der Waals surface area contributed by atoms with Crippen molar-refractivity contribution in [3.05, 3.63) is 29.3 Å². The summed E-state index contributed by atoms with van der Waals surface area (Å²) in [4.78, 5) is 0. The second-order valence-electron chi connectivity index (χ2n) is 4.56. The first kappa shape index (κ1) is 13.0. The molecule has 0 spiro atoms. The van der Waals surface area contributed by atoms with Crippen LogP contribution in [0.5, 0.6) is 5.75 Å². The first-order valence-corrected chi connectivity index (χ1v) is 6.03. The SMILES string of the molecule is Cc1ccc(OCCCNC(C)C)cc1C. The van der Waals surface area contributed by atoms with E-state index in [1.807, 2.05) is 6.07 Å². The molecule has 0 saturated heterocycles. The predicted octanol–water partition coefficient (Wildman–Crippen LogP) is 3.07. The summed E-state index contributed by atoms with van der Waals surface area (Å²) < 4.78 is 5.68. The molecular weight excluding hydrogens is 198 g/mol. The van der Waals surface area contributed by atoms with Gasteiger partial charge in [0.15, 0.2) is 0 Å². The molecule has 0 unspecified atom stereocenters. The van der Waals surface area contributed by atoms with Gasteiger partial charge in [0.2, 0.25) is 0 Å². The van der Waals surface area contributed by atoms with Gasteiger partial charge in [-0.15, -0.1) is 0 Å². The lowest BCUT2D eigenvalue weighted by atomic mass is 10.1. The van der Waals surface area contributed by atoms with Crippen LogP contribution in [0.25, 0.3) is 0 Å². The van der Waals surface area contributed by atoms with Gasteiger partial charge < -0.3 is 10.1 Å². The van der Waals surface area contributed by atoms with Crippen molar-refractivity contribution in [3.8, 4) is 5.75 Å². The molecule has 0 bridgehead atoms. The van der Waals surface area contributed by atoms with Crippen LogP contribution in [0.1, 0.15) is 31.4 Å². The fourth-order valence-corrected chi connectivity index (χ4v) is 1.46. The molecule has 0 aliphatic heterocycles. The Morgan fingerprint density at radius 3 is 2.56 bits per heavy atom. The lowest BCUT2D eigenvalue weighted by Crippen LogP contribution is -2.24. The van der Waals surface area contributed by atoms with Gasteiger partial charge in [0.25, 0.3) is 0 Å². The lowest BCUT2D eigenvalue weighted by molar-refractivity contribution is 0.306. The van der Waals surface area contributed by atoms with Crippen LogP contribution in [0.2, 0.25) is 0 Å². The van der Waals surface area contributed by atoms with E-state index in [1.54, 1.807) is 0 Å². The van der Waals surface area contributed by atoms with Crippen molar-refractivity contribution < 1.29 is 4.74 Å². The molecule has 0 aliphatic rings. The fourth-order valence-electron chi connectivity index (χ4n) is 1.46. The average Bonchev–Trinajstić information content (AvgIpc) is 2.22. The summed E-state index contributed by atoms with van der Waals surface area (Å²) in [7, 11) is 0. The Balaban J connectivity index is 2.24. The molecule has 90 valence electrons. The van der Waals surface area contributed by atoms with Crippen LogP contribution in [0.4, 0.5) is 0 Å². The normalized spacial score (nSPS) is 10.8. The predicted molar refractivity (Wildman–Crippen MR) is 69.2 cm³/mol. The average molecular weight is 221 g/mol. The van der Waals surface area contributed by atoms with E-state index in [0.717, 1.165) is 25.3 Å². The molecule has 0 radical (unpaired) electrons. The standard InChI is InChI=1S/C14H23NO/c1-11(2)15-8-5-9-16-14-7-6-12(3)13(4)10-14/h6-7,10-11,15H,5,8-9H2,1-4H3. The number of benzene rings is 1. The fraction of sp³-hybridized carbons (Fsp3) is 0.571. The molecule has 2 nitrogen and oxygen atoms in total. The second kappa shape index (κ2) is 6.54. The van der Waals surface area contributed by atoms with Gasteiger partial charge in [-0.05, 0) is 50.1 Å². The number of aryl methyl sites for hydroxylation is 2. The molecule has 1 rings (SSSR count). The number of hydrogen-bond donors (Lipinski definition) is 1. The highest BCUT2D eigenvalue weighted by Crippen LogP contribution is 2.16. The Hall–Kier alpha value is -1.02. The minimum Gasteiger partial charge on any atom is -0.494 e. The zero-order valence-electron chi connectivity index (χ0n) is 10.8. The lowest BCUT2D eigenvalue weighted by Gasteiger charge is -2.10. The van der Waals surface area contributed by atoms with Gasteiger partial charge in [0.05, 0.1) is 6.61 Å². The minimum absolute atomic E-state index is 0.557. The molecule has 0 atom stereocenters. The first-order valence-electron chi connectivity index (χ1n) is 6.03. The summed E-state index contributed by atoms with van der Waals surface area (Å²) in [5.41, 5.74) is 2.60. The van der Waals surface area contributed by atoms with E-state index in [0.29, 0.717) is 6.04 Å². The molecular formula is C14H23NO. The second-order valence-corrected chi connectivity index (χ2v) is 4.56. The van der Waals surface area contributed by atoms with Crippen LogP contribution in [0, 0.1) is 13.8 Å². The maximum Gasteiger partial charge on any atom is 0.119 e. The van der Waals surface area contributed by atoms with Crippen LogP contribution in [0.15, 0.2) is 18.2 Å². The topological polar surface area (TPSA) is 21.3 Å². The molecule has 0 heterocycles. The van der Waals surface area contributed by atoms with Crippen LogP contribution in [-0.4, -0.2) is 19.2 Å². The number of hydrogen-bond acceptors (Lipinski definition) is 2. The van der Waals surface area contributed by atoms with Crippen molar-refractivity contribution in [2.24, 2.45) is 0 Å².